The summed E-state index contributed by atoms with van der Waals surface area (Å²) >= 11 is 11.7. The molecule has 0 aliphatic carbocycles. The lowest BCUT2D eigenvalue weighted by atomic mass is 10.2. The molecule has 0 amide bonds. The van der Waals surface area contributed by atoms with Crippen LogP contribution in [0.2, 0.25) is 5.02 Å². The Bertz CT molecular complexity index is 445. The van der Waals surface area contributed by atoms with Gasteiger partial charge < -0.3 is 15.4 Å². The van der Waals surface area contributed by atoms with Gasteiger partial charge in [0.25, 0.3) is 0 Å². The zero-order chi connectivity index (χ0) is 13.0. The Labute approximate surface area is 116 Å². The predicted octanol–water partition coefficient (Wildman–Crippen LogP) is 2.40. The Kier molecular flexibility index (Phi) is 4.69. The Balaban J connectivity index is 2.33. The monoisotopic (exact) mass is 287 g/mol. The lowest BCUT2D eigenvalue weighted by Gasteiger charge is -2.29. The smallest absolute Gasteiger partial charge is 0.115 e. The molecule has 0 atom stereocenters. The summed E-state index contributed by atoms with van der Waals surface area (Å²) in [6.07, 6.45) is 0. The van der Waals surface area contributed by atoms with Gasteiger partial charge in [0.2, 0.25) is 0 Å². The van der Waals surface area contributed by atoms with E-state index in [0.717, 1.165) is 37.7 Å². The lowest BCUT2D eigenvalue weighted by molar-refractivity contribution is 0.123. The summed E-state index contributed by atoms with van der Waals surface area (Å²) in [6, 6.07) is 5.60. The van der Waals surface area contributed by atoms with E-state index in [4.69, 9.17) is 33.7 Å². The van der Waals surface area contributed by atoms with Gasteiger partial charge in [-0.05, 0) is 18.2 Å². The van der Waals surface area contributed by atoms with Crippen molar-refractivity contribution in [2.24, 2.45) is 10.7 Å². The van der Waals surface area contributed by atoms with Gasteiger partial charge in [-0.25, -0.2) is 4.99 Å². The number of nitrogens with two attached hydrogens (primary N) is 1. The first-order valence-electron chi connectivity index (χ1n) is 5.72. The van der Waals surface area contributed by atoms with Crippen LogP contribution in [-0.4, -0.2) is 38.0 Å². The van der Waals surface area contributed by atoms with Gasteiger partial charge in [-0.1, -0.05) is 11.6 Å². The molecule has 0 unspecified atom stereocenters. The number of nitrogens with zero attached hydrogens (tertiary/aromatic N) is 2. The maximum Gasteiger partial charge on any atom is 0.115 e. The third-order valence-electron chi connectivity index (χ3n) is 2.69. The predicted molar refractivity (Wildman–Crippen MR) is 76.5 cm³/mol. The van der Waals surface area contributed by atoms with Crippen LogP contribution in [0.15, 0.2) is 23.2 Å². The van der Waals surface area contributed by atoms with Crippen LogP contribution in [0.1, 0.15) is 0 Å². The van der Waals surface area contributed by atoms with E-state index < -0.39 is 0 Å². The summed E-state index contributed by atoms with van der Waals surface area (Å²) < 4.78 is 5.34. The van der Waals surface area contributed by atoms with E-state index in [0.29, 0.717) is 10.9 Å². The minimum Gasteiger partial charge on any atom is -0.386 e. The van der Waals surface area contributed by atoms with E-state index in [2.05, 4.69) is 9.89 Å². The van der Waals surface area contributed by atoms with Crippen LogP contribution in [0.5, 0.6) is 0 Å². The standard InChI is InChI=1S/C12H15Cl2N3O/c13-8-12(15)16-10-7-9(14)1-2-11(10)17-3-5-18-6-4-17/h1-2,7H,3-6,8H2,(H2,15,16). The molecule has 1 heterocycles. The highest BCUT2D eigenvalue weighted by Gasteiger charge is 2.15. The maximum atomic E-state index is 6.00. The second-order valence-electron chi connectivity index (χ2n) is 3.97. The van der Waals surface area contributed by atoms with Crippen LogP contribution in [0, 0.1) is 0 Å². The largest absolute Gasteiger partial charge is 0.386 e. The van der Waals surface area contributed by atoms with Gasteiger partial charge in [-0.2, -0.15) is 0 Å². The van der Waals surface area contributed by atoms with Gasteiger partial charge in [0.15, 0.2) is 0 Å². The number of ether oxygens (including phenoxy) is 1. The molecule has 98 valence electrons. The molecule has 0 radical (unpaired) electrons. The maximum absolute atomic E-state index is 6.00. The number of benzene rings is 1. The summed E-state index contributed by atoms with van der Waals surface area (Å²) in [7, 11) is 0. The van der Waals surface area contributed by atoms with Crippen molar-refractivity contribution in [2.75, 3.05) is 37.1 Å². The molecule has 0 aromatic heterocycles. The van der Waals surface area contributed by atoms with E-state index in [-0.39, 0.29) is 5.88 Å². The van der Waals surface area contributed by atoms with Crippen LogP contribution in [0.25, 0.3) is 0 Å². The van der Waals surface area contributed by atoms with Crippen molar-refractivity contribution < 1.29 is 4.74 Å². The molecule has 1 aliphatic rings. The van der Waals surface area contributed by atoms with Crippen molar-refractivity contribution >= 4 is 40.4 Å². The SMILES string of the molecule is NC(CCl)=Nc1cc(Cl)ccc1N1CCOCC1. The average Bonchev–Trinajstić information content (AvgIpc) is 2.40. The average molecular weight is 288 g/mol. The van der Waals surface area contributed by atoms with Crippen molar-refractivity contribution in [1.29, 1.82) is 0 Å². The summed E-state index contributed by atoms with van der Waals surface area (Å²) in [6.45, 7) is 3.11. The third-order valence-corrected chi connectivity index (χ3v) is 3.20. The molecule has 0 spiro atoms. The van der Waals surface area contributed by atoms with Crippen molar-refractivity contribution in [1.82, 2.24) is 0 Å². The molecule has 2 N–H and O–H groups in total. The summed E-state index contributed by atoms with van der Waals surface area (Å²) in [5.74, 6) is 0.586. The Hall–Kier alpha value is -0.970. The minimum atomic E-state index is 0.203. The van der Waals surface area contributed by atoms with E-state index in [9.17, 15) is 0 Å². The molecule has 4 nitrogen and oxygen atoms in total. The first-order chi connectivity index (χ1) is 8.70. The number of alkyl halides is 1. The number of rotatable bonds is 3. The van der Waals surface area contributed by atoms with Gasteiger partial charge in [0, 0.05) is 18.1 Å². The molecular weight excluding hydrogens is 273 g/mol. The summed E-state index contributed by atoms with van der Waals surface area (Å²) in [5.41, 5.74) is 7.45. The van der Waals surface area contributed by atoms with Gasteiger partial charge in [-0.3, -0.25) is 0 Å². The van der Waals surface area contributed by atoms with Gasteiger partial charge >= 0.3 is 0 Å². The van der Waals surface area contributed by atoms with E-state index in [1.807, 2.05) is 12.1 Å². The molecule has 1 aromatic rings. The summed E-state index contributed by atoms with van der Waals surface area (Å²) in [5, 5.41) is 0.633. The molecular formula is C12H15Cl2N3O. The number of hydrogen-bond donors (Lipinski definition) is 1. The van der Waals surface area contributed by atoms with Crippen molar-refractivity contribution in [3.05, 3.63) is 23.2 Å². The van der Waals surface area contributed by atoms with Gasteiger partial charge in [0.05, 0.1) is 30.5 Å². The number of hydrogen-bond acceptors (Lipinski definition) is 3. The third kappa shape index (κ3) is 3.28. The fraction of sp³-hybridized carbons (Fsp3) is 0.417. The fourth-order valence-electron chi connectivity index (χ4n) is 1.84. The molecule has 1 fully saturated rings. The molecule has 1 saturated heterocycles. The molecule has 0 saturated carbocycles. The van der Waals surface area contributed by atoms with E-state index >= 15 is 0 Å². The Morgan fingerprint density at radius 2 is 2.11 bits per heavy atom. The van der Waals surface area contributed by atoms with Crippen molar-refractivity contribution in [2.45, 2.75) is 0 Å². The van der Waals surface area contributed by atoms with Crippen LogP contribution in [0.3, 0.4) is 0 Å². The summed E-state index contributed by atoms with van der Waals surface area (Å²) in [4.78, 5) is 6.52. The molecule has 18 heavy (non-hydrogen) atoms. The highest BCUT2D eigenvalue weighted by Crippen LogP contribution is 2.32. The fourth-order valence-corrected chi connectivity index (χ4v) is 2.07. The zero-order valence-corrected chi connectivity index (χ0v) is 11.4. The molecule has 0 bridgehead atoms. The van der Waals surface area contributed by atoms with Crippen LogP contribution in [0.4, 0.5) is 11.4 Å². The van der Waals surface area contributed by atoms with Crippen molar-refractivity contribution in [3.63, 3.8) is 0 Å². The Morgan fingerprint density at radius 1 is 1.39 bits per heavy atom. The van der Waals surface area contributed by atoms with E-state index in [1.165, 1.54) is 0 Å². The number of halogens is 2. The minimum absolute atomic E-state index is 0.203. The number of morpholine rings is 1. The highest BCUT2D eigenvalue weighted by atomic mass is 35.5. The number of anilines is 1. The molecule has 2 rings (SSSR count). The van der Waals surface area contributed by atoms with Crippen LogP contribution < -0.4 is 10.6 Å². The molecule has 1 aliphatic heterocycles. The lowest BCUT2D eigenvalue weighted by Crippen LogP contribution is -2.36. The second kappa shape index (κ2) is 6.27. The molecule has 6 heteroatoms. The first kappa shape index (κ1) is 13.5. The van der Waals surface area contributed by atoms with E-state index in [1.54, 1.807) is 6.07 Å². The van der Waals surface area contributed by atoms with Crippen LogP contribution >= 0.6 is 23.2 Å². The second-order valence-corrected chi connectivity index (χ2v) is 4.67. The highest BCUT2D eigenvalue weighted by molar-refractivity contribution is 6.31. The van der Waals surface area contributed by atoms with Gasteiger partial charge in [-0.15, -0.1) is 11.6 Å². The quantitative estimate of drug-likeness (QED) is 0.528. The zero-order valence-electron chi connectivity index (χ0n) is 9.90. The van der Waals surface area contributed by atoms with Crippen molar-refractivity contribution in [3.8, 4) is 0 Å². The first-order valence-corrected chi connectivity index (χ1v) is 6.63. The topological polar surface area (TPSA) is 50.8 Å². The number of aliphatic imine (C=N–C) groups is 1. The van der Waals surface area contributed by atoms with Gasteiger partial charge in [0.1, 0.15) is 5.84 Å². The number of amidine groups is 1. The van der Waals surface area contributed by atoms with Crippen LogP contribution in [-0.2, 0) is 4.74 Å². The Morgan fingerprint density at radius 3 is 2.78 bits per heavy atom. The normalized spacial score (nSPS) is 17.0. The molecule has 1 aromatic carbocycles.